The van der Waals surface area contributed by atoms with Gasteiger partial charge in [-0.15, -0.1) is 11.3 Å². The van der Waals surface area contributed by atoms with E-state index in [1.54, 1.807) is 11.5 Å². The molecular formula is C21H14BrN3O3S. The number of halogens is 1. The molecule has 6 nitrogen and oxygen atoms in total. The van der Waals surface area contributed by atoms with Crippen molar-refractivity contribution in [3.8, 4) is 0 Å². The standard InChI is InChI=1S/C21H14BrN3O3S/c1-13(26)25(15-7-3-2-4-8-15)21-23-14(12-29-21)11-18-20(27)28-19(24-18)16-9-5-6-10-17(16)22/h2-12H,1H3/b18-11-. The van der Waals surface area contributed by atoms with Gasteiger partial charge in [-0.25, -0.2) is 14.8 Å². The zero-order chi connectivity index (χ0) is 20.4. The first-order valence-electron chi connectivity index (χ1n) is 8.61. The summed E-state index contributed by atoms with van der Waals surface area (Å²) in [6.07, 6.45) is 1.55. The van der Waals surface area contributed by atoms with Crippen LogP contribution in [0.5, 0.6) is 0 Å². The molecule has 8 heteroatoms. The summed E-state index contributed by atoms with van der Waals surface area (Å²) in [6.45, 7) is 1.48. The van der Waals surface area contributed by atoms with Gasteiger partial charge in [-0.1, -0.05) is 30.3 Å². The number of amides is 1. The number of hydrogen-bond donors (Lipinski definition) is 0. The number of hydrogen-bond acceptors (Lipinski definition) is 6. The van der Waals surface area contributed by atoms with Crippen LogP contribution in [0.4, 0.5) is 10.8 Å². The van der Waals surface area contributed by atoms with E-state index in [0.29, 0.717) is 16.4 Å². The van der Waals surface area contributed by atoms with Gasteiger partial charge < -0.3 is 4.74 Å². The third kappa shape index (κ3) is 4.03. The molecule has 4 rings (SSSR count). The molecule has 0 bridgehead atoms. The number of aliphatic imine (C=N–C) groups is 1. The highest BCUT2D eigenvalue weighted by Crippen LogP contribution is 2.30. The van der Waals surface area contributed by atoms with Gasteiger partial charge in [0, 0.05) is 16.8 Å². The van der Waals surface area contributed by atoms with Crippen LogP contribution in [0.25, 0.3) is 6.08 Å². The van der Waals surface area contributed by atoms with E-state index in [9.17, 15) is 9.59 Å². The Morgan fingerprint density at radius 3 is 2.59 bits per heavy atom. The first kappa shape index (κ1) is 19.2. The van der Waals surface area contributed by atoms with E-state index in [1.807, 2.05) is 54.6 Å². The minimum absolute atomic E-state index is 0.153. The van der Waals surface area contributed by atoms with Gasteiger partial charge in [0.1, 0.15) is 0 Å². The quantitative estimate of drug-likeness (QED) is 0.402. The minimum atomic E-state index is -0.545. The fraction of sp³-hybridized carbons (Fsp3) is 0.0476. The lowest BCUT2D eigenvalue weighted by Crippen LogP contribution is -2.22. The van der Waals surface area contributed by atoms with E-state index >= 15 is 0 Å². The molecule has 0 saturated carbocycles. The molecule has 0 fully saturated rings. The average Bonchev–Trinajstić information content (AvgIpc) is 3.30. The van der Waals surface area contributed by atoms with Gasteiger partial charge in [-0.3, -0.25) is 9.69 Å². The van der Waals surface area contributed by atoms with Crippen LogP contribution in [0.15, 0.2) is 75.1 Å². The Labute approximate surface area is 179 Å². The second-order valence-corrected chi connectivity index (χ2v) is 7.75. The summed E-state index contributed by atoms with van der Waals surface area (Å²) < 4.78 is 6.08. The van der Waals surface area contributed by atoms with Crippen molar-refractivity contribution in [3.63, 3.8) is 0 Å². The number of carbonyl (C=O) groups excluding carboxylic acids is 2. The van der Waals surface area contributed by atoms with Gasteiger partial charge in [-0.05, 0) is 46.3 Å². The Kier molecular flexibility index (Phi) is 5.37. The Morgan fingerprint density at radius 1 is 1.14 bits per heavy atom. The fourth-order valence-electron chi connectivity index (χ4n) is 2.75. The molecule has 2 heterocycles. The van der Waals surface area contributed by atoms with Gasteiger partial charge in [-0.2, -0.15) is 0 Å². The maximum atomic E-state index is 12.2. The molecule has 0 radical (unpaired) electrons. The van der Waals surface area contributed by atoms with Crippen LogP contribution in [-0.4, -0.2) is 22.8 Å². The number of cyclic esters (lactones) is 1. The third-order valence-corrected chi connectivity index (χ3v) is 5.58. The van der Waals surface area contributed by atoms with Crippen molar-refractivity contribution >= 4 is 61.9 Å². The number of rotatable bonds is 4. The highest BCUT2D eigenvalue weighted by Gasteiger charge is 2.26. The SMILES string of the molecule is CC(=O)N(c1ccccc1)c1nc(/C=C2\N=C(c3ccccc3Br)OC2=O)cs1. The highest BCUT2D eigenvalue weighted by molar-refractivity contribution is 9.10. The van der Waals surface area contributed by atoms with Gasteiger partial charge in [0.05, 0.1) is 16.9 Å². The number of benzene rings is 2. The molecule has 144 valence electrons. The fourth-order valence-corrected chi connectivity index (χ4v) is 4.05. The van der Waals surface area contributed by atoms with Gasteiger partial charge >= 0.3 is 5.97 Å². The molecule has 0 aliphatic carbocycles. The average molecular weight is 468 g/mol. The molecular weight excluding hydrogens is 454 g/mol. The summed E-state index contributed by atoms with van der Waals surface area (Å²) in [5.74, 6) is -0.463. The molecule has 0 atom stereocenters. The summed E-state index contributed by atoms with van der Waals surface area (Å²) in [6, 6.07) is 16.6. The van der Waals surface area contributed by atoms with E-state index in [2.05, 4.69) is 25.9 Å². The molecule has 0 saturated heterocycles. The normalized spacial score (nSPS) is 14.6. The second-order valence-electron chi connectivity index (χ2n) is 6.06. The number of para-hydroxylation sites is 1. The number of carbonyl (C=O) groups is 2. The molecule has 1 aromatic heterocycles. The molecule has 3 aromatic rings. The highest BCUT2D eigenvalue weighted by atomic mass is 79.9. The van der Waals surface area contributed by atoms with Crippen LogP contribution in [0.2, 0.25) is 0 Å². The smallest absolute Gasteiger partial charge is 0.363 e. The second kappa shape index (κ2) is 8.10. The first-order valence-corrected chi connectivity index (χ1v) is 10.3. The lowest BCUT2D eigenvalue weighted by atomic mass is 10.2. The lowest BCUT2D eigenvalue weighted by Gasteiger charge is -2.17. The molecule has 0 N–H and O–H groups in total. The maximum Gasteiger partial charge on any atom is 0.363 e. The Bertz CT molecular complexity index is 1150. The predicted molar refractivity (Wildman–Crippen MR) is 116 cm³/mol. The van der Waals surface area contributed by atoms with Crippen LogP contribution < -0.4 is 4.90 Å². The van der Waals surface area contributed by atoms with E-state index in [1.165, 1.54) is 23.2 Å². The molecule has 1 aliphatic rings. The van der Waals surface area contributed by atoms with Crippen molar-refractivity contribution in [2.24, 2.45) is 4.99 Å². The minimum Gasteiger partial charge on any atom is -0.402 e. The van der Waals surface area contributed by atoms with Crippen molar-refractivity contribution in [1.29, 1.82) is 0 Å². The number of thiazole rings is 1. The van der Waals surface area contributed by atoms with Gasteiger partial charge in [0.25, 0.3) is 0 Å². The van der Waals surface area contributed by atoms with E-state index in [0.717, 1.165) is 10.2 Å². The summed E-state index contributed by atoms with van der Waals surface area (Å²) in [5, 5.41) is 2.28. The van der Waals surface area contributed by atoms with Crippen LogP contribution in [0.1, 0.15) is 18.2 Å². The lowest BCUT2D eigenvalue weighted by molar-refractivity contribution is -0.130. The molecule has 0 unspecified atom stereocenters. The molecule has 0 spiro atoms. The number of ether oxygens (including phenoxy) is 1. The largest absolute Gasteiger partial charge is 0.402 e. The molecule has 1 aliphatic heterocycles. The Balaban J connectivity index is 1.64. The van der Waals surface area contributed by atoms with E-state index in [-0.39, 0.29) is 17.5 Å². The molecule has 29 heavy (non-hydrogen) atoms. The van der Waals surface area contributed by atoms with Crippen LogP contribution >= 0.6 is 27.3 Å². The predicted octanol–water partition coefficient (Wildman–Crippen LogP) is 4.93. The van der Waals surface area contributed by atoms with E-state index in [4.69, 9.17) is 4.74 Å². The molecule has 2 aromatic carbocycles. The van der Waals surface area contributed by atoms with Crippen molar-refractivity contribution in [1.82, 2.24) is 4.98 Å². The van der Waals surface area contributed by atoms with Crippen LogP contribution in [0, 0.1) is 0 Å². The Morgan fingerprint density at radius 2 is 1.86 bits per heavy atom. The number of anilines is 2. The zero-order valence-electron chi connectivity index (χ0n) is 15.2. The zero-order valence-corrected chi connectivity index (χ0v) is 17.6. The number of esters is 1. The van der Waals surface area contributed by atoms with Gasteiger partial charge in [0.2, 0.25) is 11.8 Å². The van der Waals surface area contributed by atoms with Crippen molar-refractivity contribution in [2.45, 2.75) is 6.92 Å². The number of nitrogens with zero attached hydrogens (tertiary/aromatic N) is 3. The van der Waals surface area contributed by atoms with Gasteiger partial charge in [0.15, 0.2) is 10.8 Å². The van der Waals surface area contributed by atoms with Crippen LogP contribution in [-0.2, 0) is 14.3 Å². The van der Waals surface area contributed by atoms with Crippen LogP contribution in [0.3, 0.4) is 0 Å². The van der Waals surface area contributed by atoms with Crippen molar-refractivity contribution < 1.29 is 14.3 Å². The molecule has 1 amide bonds. The summed E-state index contributed by atoms with van der Waals surface area (Å²) >= 11 is 4.73. The monoisotopic (exact) mass is 467 g/mol. The number of aromatic nitrogens is 1. The van der Waals surface area contributed by atoms with Crippen molar-refractivity contribution in [3.05, 3.63) is 81.4 Å². The first-order chi connectivity index (χ1) is 14.0. The maximum absolute atomic E-state index is 12.2. The third-order valence-electron chi connectivity index (χ3n) is 4.04. The summed E-state index contributed by atoms with van der Waals surface area (Å²) in [5.41, 5.74) is 2.09. The Hall–Kier alpha value is -3.10. The summed E-state index contributed by atoms with van der Waals surface area (Å²) in [7, 11) is 0. The van der Waals surface area contributed by atoms with E-state index < -0.39 is 5.97 Å². The topological polar surface area (TPSA) is 71.9 Å². The summed E-state index contributed by atoms with van der Waals surface area (Å²) in [4.78, 5) is 34.7. The van der Waals surface area contributed by atoms with Crippen molar-refractivity contribution in [2.75, 3.05) is 4.90 Å².